The summed E-state index contributed by atoms with van der Waals surface area (Å²) in [6, 6.07) is 26.3. The largest absolute Gasteiger partial charge is 0.507 e. The van der Waals surface area contributed by atoms with Crippen molar-refractivity contribution in [3.05, 3.63) is 119 Å². The van der Waals surface area contributed by atoms with E-state index in [4.69, 9.17) is 31.5 Å². The van der Waals surface area contributed by atoms with Crippen molar-refractivity contribution in [1.29, 1.82) is 0 Å². The molecule has 4 aromatic carbocycles. The van der Waals surface area contributed by atoms with Crippen LogP contribution in [0, 0.1) is 0 Å². The second-order valence-electron chi connectivity index (χ2n) is 9.91. The Morgan fingerprint density at radius 3 is 1.93 bits per heavy atom. The molecule has 0 amide bonds. The normalized spacial score (nSPS) is 10.7. The molecule has 0 aromatic heterocycles. The Morgan fingerprint density at radius 1 is 0.810 bits per heavy atom. The van der Waals surface area contributed by atoms with Crippen LogP contribution in [0.3, 0.4) is 0 Å². The summed E-state index contributed by atoms with van der Waals surface area (Å²) < 4.78 is 16.0. The number of nitrogens with two attached hydrogens (primary N) is 1. The number of aromatic hydroxyl groups is 1. The van der Waals surface area contributed by atoms with Crippen molar-refractivity contribution in [3.63, 3.8) is 0 Å². The van der Waals surface area contributed by atoms with Crippen LogP contribution in [0.5, 0.6) is 17.2 Å². The maximum Gasteiger partial charge on any atom is 0.350 e. The van der Waals surface area contributed by atoms with Crippen LogP contribution in [0.4, 0.5) is 5.69 Å². The molecule has 0 saturated heterocycles. The number of phenols is 1. The van der Waals surface area contributed by atoms with E-state index in [9.17, 15) is 19.5 Å². The summed E-state index contributed by atoms with van der Waals surface area (Å²) >= 11 is 5.84. The Bertz CT molecular complexity index is 1520. The molecule has 0 aliphatic carbocycles. The molecule has 0 saturated carbocycles. The van der Waals surface area contributed by atoms with Gasteiger partial charge in [-0.1, -0.05) is 29.8 Å². The maximum absolute atomic E-state index is 12.4. The van der Waals surface area contributed by atoms with Gasteiger partial charge >= 0.3 is 11.9 Å². The Kier molecular flexibility index (Phi) is 10.7. The minimum Gasteiger partial charge on any atom is -0.507 e. The lowest BCUT2D eigenvalue weighted by Crippen LogP contribution is -2.40. The number of phenolic OH excluding ortho intramolecular Hbond substituents is 1. The third-order valence-electron chi connectivity index (χ3n) is 5.63. The first-order valence-electron chi connectivity index (χ1n) is 13.0. The van der Waals surface area contributed by atoms with E-state index in [1.165, 1.54) is 18.2 Å². The van der Waals surface area contributed by atoms with Crippen molar-refractivity contribution in [2.45, 2.75) is 39.4 Å². The van der Waals surface area contributed by atoms with Gasteiger partial charge in [0.25, 0.3) is 0 Å². The summed E-state index contributed by atoms with van der Waals surface area (Å²) in [5.74, 6) is -0.447. The van der Waals surface area contributed by atoms with Gasteiger partial charge < -0.3 is 25.1 Å². The molecule has 8 nitrogen and oxygen atoms in total. The zero-order valence-corrected chi connectivity index (χ0v) is 24.4. The van der Waals surface area contributed by atoms with Gasteiger partial charge in [0.15, 0.2) is 11.4 Å². The highest BCUT2D eigenvalue weighted by Crippen LogP contribution is 2.23. The van der Waals surface area contributed by atoms with Gasteiger partial charge in [-0.3, -0.25) is 4.79 Å². The number of nitrogen functional groups attached to an aromatic ring is 1. The molecule has 0 unspecified atom stereocenters. The topological polar surface area (TPSA) is 125 Å². The Hall–Kier alpha value is -4.82. The Balaban J connectivity index is 0.000000247. The molecule has 0 aliphatic heterocycles. The number of hydrogen-bond acceptors (Lipinski definition) is 8. The number of para-hydroxylation sites is 1. The average Bonchev–Trinajstić information content (AvgIpc) is 2.94. The molecule has 0 heterocycles. The standard InChI is InChI=1S/C20H21ClO4.C13H11NO3/c1-13(2)24-19(23)20(3,4)25-17-11-7-15(8-12-17)18(22)14-5-9-16(21)10-6-14;14-9-6-7-11(12(15)8-9)13(16)17-10-4-2-1-3-5-10/h5-13H,1-4H3;1-8,15H,14H2. The molecule has 0 fully saturated rings. The molecular weight excluding hydrogens is 558 g/mol. The summed E-state index contributed by atoms with van der Waals surface area (Å²) in [4.78, 5) is 36.2. The van der Waals surface area contributed by atoms with E-state index < -0.39 is 17.5 Å². The zero-order chi connectivity index (χ0) is 30.9. The van der Waals surface area contributed by atoms with Gasteiger partial charge in [0.1, 0.15) is 22.8 Å². The second kappa shape index (κ2) is 14.2. The van der Waals surface area contributed by atoms with Crippen molar-refractivity contribution in [3.8, 4) is 17.2 Å². The first kappa shape index (κ1) is 31.7. The van der Waals surface area contributed by atoms with Gasteiger partial charge in [0, 0.05) is 27.9 Å². The van der Waals surface area contributed by atoms with E-state index in [-0.39, 0.29) is 23.2 Å². The first-order chi connectivity index (χ1) is 19.9. The van der Waals surface area contributed by atoms with E-state index in [1.807, 2.05) is 6.07 Å². The van der Waals surface area contributed by atoms with Crippen LogP contribution in [0.25, 0.3) is 0 Å². The van der Waals surface area contributed by atoms with Gasteiger partial charge in [0.05, 0.1) is 6.10 Å². The SMILES string of the molecule is CC(C)OC(=O)C(C)(C)Oc1ccc(C(=O)c2ccc(Cl)cc2)cc1.Nc1ccc(C(=O)Oc2ccccc2)c(O)c1. The smallest absolute Gasteiger partial charge is 0.350 e. The van der Waals surface area contributed by atoms with Crippen LogP contribution in [0.15, 0.2) is 97.1 Å². The van der Waals surface area contributed by atoms with E-state index in [1.54, 1.807) is 100 Å². The fourth-order valence-electron chi connectivity index (χ4n) is 3.51. The zero-order valence-electron chi connectivity index (χ0n) is 23.7. The summed E-state index contributed by atoms with van der Waals surface area (Å²) in [6.45, 7) is 6.85. The number of carbonyl (C=O) groups is 3. The predicted octanol–water partition coefficient (Wildman–Crippen LogP) is 6.87. The number of ether oxygens (including phenoxy) is 3. The molecule has 4 rings (SSSR count). The molecule has 0 radical (unpaired) electrons. The summed E-state index contributed by atoms with van der Waals surface area (Å²) in [5, 5.41) is 10.1. The Morgan fingerprint density at radius 2 is 1.38 bits per heavy atom. The van der Waals surface area contributed by atoms with E-state index >= 15 is 0 Å². The lowest BCUT2D eigenvalue weighted by Gasteiger charge is -2.25. The van der Waals surface area contributed by atoms with Crippen molar-refractivity contribution >= 4 is 35.0 Å². The van der Waals surface area contributed by atoms with Gasteiger partial charge in [-0.25, -0.2) is 9.59 Å². The summed E-state index contributed by atoms with van der Waals surface area (Å²) in [6.07, 6.45) is -0.213. The van der Waals surface area contributed by atoms with Gasteiger partial charge in [0.2, 0.25) is 0 Å². The number of anilines is 1. The monoisotopic (exact) mass is 589 g/mol. The molecule has 9 heteroatoms. The fraction of sp³-hybridized carbons (Fsp3) is 0.182. The van der Waals surface area contributed by atoms with Crippen molar-refractivity contribution < 1.29 is 33.7 Å². The molecule has 3 N–H and O–H groups in total. The van der Waals surface area contributed by atoms with E-state index in [0.717, 1.165) is 0 Å². The molecule has 0 atom stereocenters. The minimum absolute atomic E-state index is 0.0862. The third-order valence-corrected chi connectivity index (χ3v) is 5.88. The first-order valence-corrected chi connectivity index (χ1v) is 13.4. The maximum atomic E-state index is 12.4. The summed E-state index contributed by atoms with van der Waals surface area (Å²) in [7, 11) is 0. The highest BCUT2D eigenvalue weighted by molar-refractivity contribution is 6.30. The second-order valence-corrected chi connectivity index (χ2v) is 10.3. The summed E-state index contributed by atoms with van der Waals surface area (Å²) in [5.41, 5.74) is 5.90. The number of ketones is 1. The molecule has 4 aromatic rings. The van der Waals surface area contributed by atoms with Crippen LogP contribution in [0.1, 0.15) is 54.0 Å². The highest BCUT2D eigenvalue weighted by atomic mass is 35.5. The van der Waals surface area contributed by atoms with Crippen molar-refractivity contribution in [1.82, 2.24) is 0 Å². The van der Waals surface area contributed by atoms with Gasteiger partial charge in [-0.2, -0.15) is 0 Å². The van der Waals surface area contributed by atoms with E-state index in [2.05, 4.69) is 0 Å². The number of esters is 2. The number of carbonyl (C=O) groups excluding carboxylic acids is 3. The quantitative estimate of drug-likeness (QED) is 0.0986. The number of rotatable bonds is 8. The molecule has 0 aliphatic rings. The fourth-order valence-corrected chi connectivity index (χ4v) is 3.63. The number of benzene rings is 4. The number of hydrogen-bond donors (Lipinski definition) is 2. The van der Waals surface area contributed by atoms with Crippen LogP contribution in [-0.4, -0.2) is 34.5 Å². The van der Waals surface area contributed by atoms with Crippen LogP contribution < -0.4 is 15.2 Å². The lowest BCUT2D eigenvalue weighted by molar-refractivity contribution is -0.163. The van der Waals surface area contributed by atoms with Crippen LogP contribution in [0.2, 0.25) is 5.02 Å². The van der Waals surface area contributed by atoms with Gasteiger partial charge in [-0.05, 0) is 100 Å². The Labute approximate surface area is 249 Å². The predicted molar refractivity (Wildman–Crippen MR) is 161 cm³/mol. The van der Waals surface area contributed by atoms with Crippen LogP contribution in [-0.2, 0) is 9.53 Å². The molecule has 0 bridgehead atoms. The molecular formula is C33H32ClNO7. The van der Waals surface area contributed by atoms with Crippen LogP contribution >= 0.6 is 11.6 Å². The molecule has 0 spiro atoms. The minimum atomic E-state index is -1.12. The molecule has 42 heavy (non-hydrogen) atoms. The molecule has 218 valence electrons. The van der Waals surface area contributed by atoms with Gasteiger partial charge in [-0.15, -0.1) is 0 Å². The van der Waals surface area contributed by atoms with Crippen molar-refractivity contribution in [2.24, 2.45) is 0 Å². The average molecular weight is 590 g/mol. The third kappa shape index (κ3) is 9.11. The number of halogens is 1. The lowest BCUT2D eigenvalue weighted by atomic mass is 10.0. The van der Waals surface area contributed by atoms with Crippen molar-refractivity contribution in [2.75, 3.05) is 5.73 Å². The highest BCUT2D eigenvalue weighted by Gasteiger charge is 2.32. The van der Waals surface area contributed by atoms with E-state index in [0.29, 0.717) is 33.3 Å².